The van der Waals surface area contributed by atoms with Crippen LogP contribution in [0.3, 0.4) is 0 Å². The Hall–Kier alpha value is -3.12. The summed E-state index contributed by atoms with van der Waals surface area (Å²) in [5.74, 6) is 0.306. The molecule has 0 radical (unpaired) electrons. The average molecular weight is 394 g/mol. The molecule has 6 heteroatoms. The Balaban J connectivity index is 1.61. The minimum absolute atomic E-state index is 0.185. The molecule has 142 valence electrons. The SMILES string of the molecule is CCOc1ccc(NC(=O)c2cc3sccc3n2Cc2ccc(F)cc2)cc1. The summed E-state index contributed by atoms with van der Waals surface area (Å²) in [7, 11) is 0. The maximum atomic E-state index is 13.2. The Bertz CT molecular complexity index is 1100. The number of rotatable bonds is 6. The highest BCUT2D eigenvalue weighted by atomic mass is 32.1. The van der Waals surface area contributed by atoms with Crippen LogP contribution in [0.15, 0.2) is 66.0 Å². The molecule has 0 unspecified atom stereocenters. The molecule has 0 aliphatic heterocycles. The number of nitrogens with one attached hydrogen (secondary N) is 1. The molecule has 0 atom stereocenters. The molecule has 28 heavy (non-hydrogen) atoms. The number of hydrogen-bond acceptors (Lipinski definition) is 3. The Labute approximate surface area is 166 Å². The van der Waals surface area contributed by atoms with E-state index in [9.17, 15) is 9.18 Å². The third-order valence-electron chi connectivity index (χ3n) is 4.43. The van der Waals surface area contributed by atoms with Crippen molar-refractivity contribution in [2.24, 2.45) is 0 Å². The predicted octanol–water partition coefficient (Wildman–Crippen LogP) is 5.54. The molecule has 0 fully saturated rings. The van der Waals surface area contributed by atoms with E-state index in [1.165, 1.54) is 12.1 Å². The lowest BCUT2D eigenvalue weighted by atomic mass is 10.2. The predicted molar refractivity (Wildman–Crippen MR) is 111 cm³/mol. The number of amides is 1. The van der Waals surface area contributed by atoms with Gasteiger partial charge in [-0.25, -0.2) is 4.39 Å². The van der Waals surface area contributed by atoms with Gasteiger partial charge in [0.25, 0.3) is 5.91 Å². The van der Waals surface area contributed by atoms with Gasteiger partial charge in [0.05, 0.1) is 16.8 Å². The van der Waals surface area contributed by atoms with Gasteiger partial charge in [-0.1, -0.05) is 12.1 Å². The zero-order valence-electron chi connectivity index (χ0n) is 15.3. The molecule has 0 saturated carbocycles. The van der Waals surface area contributed by atoms with Crippen LogP contribution in [0.2, 0.25) is 0 Å². The number of thiophene rings is 1. The second-order valence-electron chi connectivity index (χ2n) is 6.32. The van der Waals surface area contributed by atoms with E-state index in [-0.39, 0.29) is 11.7 Å². The minimum atomic E-state index is -0.273. The highest BCUT2D eigenvalue weighted by molar-refractivity contribution is 7.17. The summed E-state index contributed by atoms with van der Waals surface area (Å²) in [6, 6.07) is 17.5. The van der Waals surface area contributed by atoms with Crippen molar-refractivity contribution in [2.45, 2.75) is 13.5 Å². The van der Waals surface area contributed by atoms with Gasteiger partial charge in [-0.15, -0.1) is 11.3 Å². The molecule has 4 aromatic rings. The van der Waals surface area contributed by atoms with Crippen molar-refractivity contribution in [3.63, 3.8) is 0 Å². The van der Waals surface area contributed by atoms with E-state index < -0.39 is 0 Å². The molecule has 0 aliphatic rings. The van der Waals surface area contributed by atoms with Crippen LogP contribution in [-0.2, 0) is 6.54 Å². The van der Waals surface area contributed by atoms with Gasteiger partial charge in [0.1, 0.15) is 17.3 Å². The Morgan fingerprint density at radius 3 is 2.57 bits per heavy atom. The van der Waals surface area contributed by atoms with Crippen LogP contribution < -0.4 is 10.1 Å². The number of carbonyl (C=O) groups excluding carboxylic acids is 1. The molecule has 0 aliphatic carbocycles. The number of fused-ring (bicyclic) bond motifs is 1. The first-order valence-electron chi connectivity index (χ1n) is 8.99. The molecule has 4 nitrogen and oxygen atoms in total. The van der Waals surface area contributed by atoms with E-state index in [0.29, 0.717) is 24.5 Å². The fraction of sp³-hybridized carbons (Fsp3) is 0.136. The van der Waals surface area contributed by atoms with Gasteiger partial charge in [0.15, 0.2) is 0 Å². The number of ether oxygens (including phenoxy) is 1. The van der Waals surface area contributed by atoms with Crippen molar-refractivity contribution in [1.29, 1.82) is 0 Å². The van der Waals surface area contributed by atoms with Gasteiger partial charge < -0.3 is 14.6 Å². The fourth-order valence-electron chi connectivity index (χ4n) is 3.10. The highest BCUT2D eigenvalue weighted by Gasteiger charge is 2.17. The summed E-state index contributed by atoms with van der Waals surface area (Å²) in [5.41, 5.74) is 3.19. The van der Waals surface area contributed by atoms with Crippen LogP contribution in [0.5, 0.6) is 5.75 Å². The summed E-state index contributed by atoms with van der Waals surface area (Å²) in [6.45, 7) is 3.02. The van der Waals surface area contributed by atoms with Crippen molar-refractivity contribution in [3.05, 3.63) is 83.1 Å². The maximum absolute atomic E-state index is 13.2. The molecule has 0 bridgehead atoms. The van der Waals surface area contributed by atoms with Crippen LogP contribution in [0.4, 0.5) is 10.1 Å². The van der Waals surface area contributed by atoms with Crippen LogP contribution in [-0.4, -0.2) is 17.1 Å². The van der Waals surface area contributed by atoms with Crippen LogP contribution >= 0.6 is 11.3 Å². The number of hydrogen-bond donors (Lipinski definition) is 1. The van der Waals surface area contributed by atoms with Crippen LogP contribution in [0.1, 0.15) is 23.0 Å². The van der Waals surface area contributed by atoms with Crippen LogP contribution in [0, 0.1) is 5.82 Å². The molecule has 2 aromatic carbocycles. The van der Waals surface area contributed by atoms with E-state index in [1.807, 2.05) is 53.3 Å². The molecule has 2 aromatic heterocycles. The Morgan fingerprint density at radius 1 is 1.11 bits per heavy atom. The average Bonchev–Trinajstić information content (AvgIpc) is 3.28. The monoisotopic (exact) mass is 394 g/mol. The normalized spacial score (nSPS) is 10.9. The lowest BCUT2D eigenvalue weighted by Crippen LogP contribution is -2.17. The maximum Gasteiger partial charge on any atom is 0.272 e. The number of nitrogens with zero attached hydrogens (tertiary/aromatic N) is 1. The Morgan fingerprint density at radius 2 is 1.86 bits per heavy atom. The third-order valence-corrected chi connectivity index (χ3v) is 5.29. The molecule has 1 N–H and O–H groups in total. The van der Waals surface area contributed by atoms with Crippen molar-refractivity contribution in [2.75, 3.05) is 11.9 Å². The lowest BCUT2D eigenvalue weighted by Gasteiger charge is -2.11. The van der Waals surface area contributed by atoms with Crippen molar-refractivity contribution in [1.82, 2.24) is 4.57 Å². The second-order valence-corrected chi connectivity index (χ2v) is 7.27. The number of aromatic nitrogens is 1. The van der Waals surface area contributed by atoms with Crippen molar-refractivity contribution < 1.29 is 13.9 Å². The summed E-state index contributed by atoms with van der Waals surface area (Å²) in [5, 5.41) is 4.94. The molecule has 0 saturated heterocycles. The van der Waals surface area contributed by atoms with E-state index in [0.717, 1.165) is 21.5 Å². The first-order valence-corrected chi connectivity index (χ1v) is 9.87. The van der Waals surface area contributed by atoms with E-state index in [4.69, 9.17) is 4.74 Å². The van der Waals surface area contributed by atoms with Gasteiger partial charge in [0, 0.05) is 12.2 Å². The van der Waals surface area contributed by atoms with Gasteiger partial charge in [-0.05, 0) is 66.4 Å². The number of benzene rings is 2. The molecule has 1 amide bonds. The van der Waals surface area contributed by atoms with Gasteiger partial charge in [0.2, 0.25) is 0 Å². The number of carbonyl (C=O) groups is 1. The third kappa shape index (κ3) is 3.77. The first kappa shape index (κ1) is 18.3. The van der Waals surface area contributed by atoms with Crippen LogP contribution in [0.25, 0.3) is 10.2 Å². The highest BCUT2D eigenvalue weighted by Crippen LogP contribution is 2.27. The largest absolute Gasteiger partial charge is 0.494 e. The summed E-state index contributed by atoms with van der Waals surface area (Å²) in [4.78, 5) is 12.9. The van der Waals surface area contributed by atoms with E-state index in [2.05, 4.69) is 5.32 Å². The van der Waals surface area contributed by atoms with E-state index >= 15 is 0 Å². The standard InChI is InChI=1S/C22H19FN2O2S/c1-2-27-18-9-7-17(8-10-18)24-22(26)20-13-21-19(11-12-28-21)25(20)14-15-3-5-16(23)6-4-15/h3-13H,2,14H2,1H3,(H,24,26). The zero-order valence-corrected chi connectivity index (χ0v) is 16.1. The quantitative estimate of drug-likeness (QED) is 0.466. The molecule has 0 spiro atoms. The summed E-state index contributed by atoms with van der Waals surface area (Å²) >= 11 is 1.59. The van der Waals surface area contributed by atoms with E-state index in [1.54, 1.807) is 23.5 Å². The first-order chi connectivity index (χ1) is 13.6. The summed E-state index contributed by atoms with van der Waals surface area (Å²) in [6.07, 6.45) is 0. The number of anilines is 1. The zero-order chi connectivity index (χ0) is 19.5. The van der Waals surface area contributed by atoms with Gasteiger partial charge in [-0.2, -0.15) is 0 Å². The Kier molecular flexibility index (Phi) is 5.12. The summed E-state index contributed by atoms with van der Waals surface area (Å²) < 4.78 is 21.7. The van der Waals surface area contributed by atoms with Crippen molar-refractivity contribution >= 4 is 33.1 Å². The van der Waals surface area contributed by atoms with Gasteiger partial charge in [-0.3, -0.25) is 4.79 Å². The minimum Gasteiger partial charge on any atom is -0.494 e. The molecular formula is C22H19FN2O2S. The molecular weight excluding hydrogens is 375 g/mol. The molecule has 4 rings (SSSR count). The van der Waals surface area contributed by atoms with Gasteiger partial charge >= 0.3 is 0 Å². The molecule has 2 heterocycles. The smallest absolute Gasteiger partial charge is 0.272 e. The van der Waals surface area contributed by atoms with Crippen molar-refractivity contribution in [3.8, 4) is 5.75 Å². The lowest BCUT2D eigenvalue weighted by molar-refractivity contribution is 0.101. The fourth-order valence-corrected chi connectivity index (χ4v) is 3.93. The second kappa shape index (κ2) is 7.86. The number of halogens is 1. The topological polar surface area (TPSA) is 43.3 Å².